The third-order valence-electron chi connectivity index (χ3n) is 2.80. The van der Waals surface area contributed by atoms with Gasteiger partial charge in [-0.15, -0.1) is 0 Å². The predicted octanol–water partition coefficient (Wildman–Crippen LogP) is 1.89. The Balaban J connectivity index is 2.18. The molecule has 0 spiro atoms. The van der Waals surface area contributed by atoms with Gasteiger partial charge in [0, 0.05) is 12.2 Å². The lowest BCUT2D eigenvalue weighted by atomic mass is 10.2. The van der Waals surface area contributed by atoms with E-state index in [1.54, 1.807) is 4.68 Å². The van der Waals surface area contributed by atoms with Crippen molar-refractivity contribution >= 4 is 16.5 Å². The molecule has 19 heavy (non-hydrogen) atoms. The van der Waals surface area contributed by atoms with Gasteiger partial charge in [0.25, 0.3) is 0 Å². The Morgan fingerprint density at radius 1 is 1.42 bits per heavy atom. The van der Waals surface area contributed by atoms with E-state index < -0.39 is 10.8 Å². The summed E-state index contributed by atoms with van der Waals surface area (Å²) in [5.41, 5.74) is 7.54. The third-order valence-corrected chi connectivity index (χ3v) is 4.18. The van der Waals surface area contributed by atoms with Gasteiger partial charge in [-0.25, -0.2) is 9.67 Å². The van der Waals surface area contributed by atoms with Crippen LogP contribution in [-0.4, -0.2) is 19.0 Å². The largest absolute Gasteiger partial charge is 0.398 e. The molecule has 102 valence electrons. The fourth-order valence-corrected chi connectivity index (χ4v) is 3.02. The quantitative estimate of drug-likeness (QED) is 0.848. The number of aromatic nitrogens is 3. The minimum Gasteiger partial charge on any atom is -0.398 e. The lowest BCUT2D eigenvalue weighted by Gasteiger charge is -2.07. The van der Waals surface area contributed by atoms with E-state index in [-0.39, 0.29) is 0 Å². The number of anilines is 1. The molecule has 2 N–H and O–H groups in total. The molecule has 0 aliphatic heterocycles. The Hall–Kier alpha value is -1.69. The van der Waals surface area contributed by atoms with Gasteiger partial charge in [0.15, 0.2) is 0 Å². The minimum absolute atomic E-state index is 0.341. The lowest BCUT2D eigenvalue weighted by Crippen LogP contribution is -2.09. The molecule has 1 heterocycles. The van der Waals surface area contributed by atoms with E-state index in [1.165, 1.54) is 6.33 Å². The van der Waals surface area contributed by atoms with Gasteiger partial charge in [0.1, 0.15) is 12.2 Å². The molecule has 2 aromatic rings. The Labute approximate surface area is 115 Å². The smallest absolute Gasteiger partial charge is 0.139 e. The van der Waals surface area contributed by atoms with E-state index in [9.17, 15) is 4.21 Å². The minimum atomic E-state index is -1.19. The molecule has 1 aromatic heterocycles. The molecule has 0 saturated heterocycles. The molecule has 0 aliphatic rings. The molecule has 2 rings (SSSR count). The number of hydrogen-bond donors (Lipinski definition) is 1. The lowest BCUT2D eigenvalue weighted by molar-refractivity contribution is 0.579. The summed E-state index contributed by atoms with van der Waals surface area (Å²) >= 11 is 0. The fraction of sp³-hybridized carbons (Fsp3) is 0.385. The summed E-state index contributed by atoms with van der Waals surface area (Å²) in [5, 5.41) is 4.13. The second-order valence-corrected chi connectivity index (χ2v) is 5.85. The maximum atomic E-state index is 12.4. The first kappa shape index (κ1) is 13.7. The van der Waals surface area contributed by atoms with Gasteiger partial charge in [-0.1, -0.05) is 13.0 Å². The molecule has 5 nitrogen and oxygen atoms in total. The molecule has 6 heteroatoms. The summed E-state index contributed by atoms with van der Waals surface area (Å²) in [4.78, 5) is 4.83. The number of nitrogen functional groups attached to an aromatic ring is 1. The van der Waals surface area contributed by atoms with Crippen LogP contribution >= 0.6 is 0 Å². The summed E-state index contributed by atoms with van der Waals surface area (Å²) in [7, 11) is -1.19. The van der Waals surface area contributed by atoms with Crippen LogP contribution in [0.3, 0.4) is 0 Å². The van der Waals surface area contributed by atoms with Gasteiger partial charge in [-0.3, -0.25) is 4.21 Å². The molecule has 1 unspecified atom stereocenters. The number of rotatable bonds is 5. The van der Waals surface area contributed by atoms with Crippen LogP contribution in [0.15, 0.2) is 29.4 Å². The second kappa shape index (κ2) is 5.97. The van der Waals surface area contributed by atoms with E-state index >= 15 is 0 Å². The molecule has 0 amide bonds. The maximum absolute atomic E-state index is 12.4. The van der Waals surface area contributed by atoms with Crippen molar-refractivity contribution in [3.05, 3.63) is 35.9 Å². The fourth-order valence-electron chi connectivity index (χ4n) is 1.87. The summed E-state index contributed by atoms with van der Waals surface area (Å²) < 4.78 is 14.1. The summed E-state index contributed by atoms with van der Waals surface area (Å²) in [5.74, 6) is 1.08. The molecular weight excluding hydrogens is 260 g/mol. The number of nitrogens with two attached hydrogens (primary N) is 1. The normalized spacial score (nSPS) is 12.5. The number of nitrogens with zero attached hydrogens (tertiary/aromatic N) is 3. The molecular formula is C13H18N4OS. The highest BCUT2D eigenvalue weighted by molar-refractivity contribution is 7.84. The molecule has 0 fully saturated rings. The zero-order chi connectivity index (χ0) is 13.8. The average Bonchev–Trinajstić information content (AvgIpc) is 2.77. The molecule has 1 atom stereocenters. The molecule has 1 aromatic carbocycles. The van der Waals surface area contributed by atoms with Gasteiger partial charge >= 0.3 is 0 Å². The van der Waals surface area contributed by atoms with E-state index in [0.717, 1.165) is 24.4 Å². The summed E-state index contributed by atoms with van der Waals surface area (Å²) in [6.07, 6.45) is 2.47. The van der Waals surface area contributed by atoms with E-state index in [0.29, 0.717) is 16.3 Å². The highest BCUT2D eigenvalue weighted by atomic mass is 32.2. The van der Waals surface area contributed by atoms with Crippen LogP contribution in [0.2, 0.25) is 0 Å². The van der Waals surface area contributed by atoms with Crippen LogP contribution in [0, 0.1) is 6.92 Å². The summed E-state index contributed by atoms with van der Waals surface area (Å²) in [6, 6.07) is 5.58. The average molecular weight is 278 g/mol. The number of benzene rings is 1. The monoisotopic (exact) mass is 278 g/mol. The van der Waals surface area contributed by atoms with Crippen molar-refractivity contribution in [2.75, 3.05) is 5.73 Å². The van der Waals surface area contributed by atoms with E-state index in [4.69, 9.17) is 5.73 Å². The van der Waals surface area contributed by atoms with Gasteiger partial charge in [-0.05, 0) is 31.0 Å². The SMILES string of the molecule is CCCn1ncnc1CS(=O)c1ccc(C)cc1N. The van der Waals surface area contributed by atoms with Crippen molar-refractivity contribution in [2.24, 2.45) is 0 Å². The maximum Gasteiger partial charge on any atom is 0.139 e. The first-order valence-electron chi connectivity index (χ1n) is 6.23. The highest BCUT2D eigenvalue weighted by Crippen LogP contribution is 2.20. The van der Waals surface area contributed by atoms with Crippen molar-refractivity contribution in [3.63, 3.8) is 0 Å². The Morgan fingerprint density at radius 2 is 2.21 bits per heavy atom. The molecule has 0 bridgehead atoms. The summed E-state index contributed by atoms with van der Waals surface area (Å²) in [6.45, 7) is 4.82. The van der Waals surface area contributed by atoms with Gasteiger partial charge < -0.3 is 5.73 Å². The van der Waals surface area contributed by atoms with Crippen molar-refractivity contribution in [1.29, 1.82) is 0 Å². The number of aryl methyl sites for hydroxylation is 2. The Bertz CT molecular complexity index is 594. The standard InChI is InChI=1S/C13H18N4OS/c1-3-6-17-13(15-9-16-17)8-19(18)12-5-4-10(2)7-11(12)14/h4-5,7,9H,3,6,8,14H2,1-2H3. The third kappa shape index (κ3) is 3.20. The van der Waals surface area contributed by atoms with Gasteiger partial charge in [0.2, 0.25) is 0 Å². The topological polar surface area (TPSA) is 73.8 Å². The van der Waals surface area contributed by atoms with Crippen molar-refractivity contribution < 1.29 is 4.21 Å². The zero-order valence-corrected chi connectivity index (χ0v) is 12.0. The van der Waals surface area contributed by atoms with E-state index in [2.05, 4.69) is 17.0 Å². The van der Waals surface area contributed by atoms with Gasteiger partial charge in [-0.2, -0.15) is 5.10 Å². The van der Waals surface area contributed by atoms with Crippen LogP contribution in [0.5, 0.6) is 0 Å². The Kier molecular flexibility index (Phi) is 4.31. The molecule has 0 radical (unpaired) electrons. The van der Waals surface area contributed by atoms with Crippen LogP contribution in [0.4, 0.5) is 5.69 Å². The second-order valence-electron chi connectivity index (χ2n) is 4.43. The molecule has 0 saturated carbocycles. The van der Waals surface area contributed by atoms with Gasteiger partial charge in [0.05, 0.1) is 21.4 Å². The van der Waals surface area contributed by atoms with Crippen LogP contribution < -0.4 is 5.73 Å². The van der Waals surface area contributed by atoms with Crippen molar-refractivity contribution in [2.45, 2.75) is 37.5 Å². The first-order chi connectivity index (χ1) is 9.11. The highest BCUT2D eigenvalue weighted by Gasteiger charge is 2.13. The predicted molar refractivity (Wildman–Crippen MR) is 76.0 cm³/mol. The van der Waals surface area contributed by atoms with Crippen LogP contribution in [0.1, 0.15) is 24.7 Å². The van der Waals surface area contributed by atoms with Crippen molar-refractivity contribution in [3.8, 4) is 0 Å². The van der Waals surface area contributed by atoms with Crippen LogP contribution in [-0.2, 0) is 23.1 Å². The Morgan fingerprint density at radius 3 is 2.89 bits per heavy atom. The van der Waals surface area contributed by atoms with Crippen molar-refractivity contribution in [1.82, 2.24) is 14.8 Å². The first-order valence-corrected chi connectivity index (χ1v) is 7.55. The molecule has 0 aliphatic carbocycles. The van der Waals surface area contributed by atoms with E-state index in [1.807, 2.05) is 25.1 Å². The van der Waals surface area contributed by atoms with Crippen LogP contribution in [0.25, 0.3) is 0 Å². The zero-order valence-electron chi connectivity index (χ0n) is 11.2. The number of hydrogen-bond acceptors (Lipinski definition) is 4.